The second kappa shape index (κ2) is 3.79. The predicted molar refractivity (Wildman–Crippen MR) is 52.4 cm³/mol. The lowest BCUT2D eigenvalue weighted by molar-refractivity contribution is 0.0695. The molecule has 0 unspecified atom stereocenters. The van der Waals surface area contributed by atoms with Crippen molar-refractivity contribution >= 4 is 21.9 Å². The fraction of sp³-hybridized carbons (Fsp3) is 0.222. The quantitative estimate of drug-likeness (QED) is 0.870. The number of aryl methyl sites for hydroxylation is 1. The van der Waals surface area contributed by atoms with Gasteiger partial charge in [0.05, 0.1) is 12.7 Å². The monoisotopic (exact) mass is 244 g/mol. The number of hydrogen-bond acceptors (Lipinski definition) is 2. The molecule has 0 saturated heterocycles. The van der Waals surface area contributed by atoms with E-state index >= 15 is 0 Å². The molecule has 0 saturated carbocycles. The Balaban J connectivity index is 3.28. The second-order valence-corrected chi connectivity index (χ2v) is 3.46. The summed E-state index contributed by atoms with van der Waals surface area (Å²) in [6.07, 6.45) is 0. The van der Waals surface area contributed by atoms with Crippen molar-refractivity contribution in [2.45, 2.75) is 6.92 Å². The van der Waals surface area contributed by atoms with Gasteiger partial charge >= 0.3 is 5.97 Å². The van der Waals surface area contributed by atoms with Gasteiger partial charge in [-0.3, -0.25) is 0 Å². The zero-order valence-electron chi connectivity index (χ0n) is 7.30. The highest BCUT2D eigenvalue weighted by Gasteiger charge is 2.11. The number of carboxylic acid groups (broad SMARTS) is 1. The molecule has 70 valence electrons. The van der Waals surface area contributed by atoms with E-state index in [0.29, 0.717) is 10.2 Å². The summed E-state index contributed by atoms with van der Waals surface area (Å²) >= 11 is 3.16. The minimum Gasteiger partial charge on any atom is -0.496 e. The largest absolute Gasteiger partial charge is 0.496 e. The summed E-state index contributed by atoms with van der Waals surface area (Å²) in [5.41, 5.74) is 1.06. The number of ether oxygens (including phenoxy) is 1. The Morgan fingerprint density at radius 1 is 1.54 bits per heavy atom. The van der Waals surface area contributed by atoms with Crippen LogP contribution < -0.4 is 4.74 Å². The number of methoxy groups -OCH3 is 1. The molecule has 0 heterocycles. The van der Waals surface area contributed by atoms with E-state index in [9.17, 15) is 4.79 Å². The molecule has 1 N–H and O–H groups in total. The van der Waals surface area contributed by atoms with Gasteiger partial charge in [-0.15, -0.1) is 0 Å². The van der Waals surface area contributed by atoms with Gasteiger partial charge in [0, 0.05) is 4.47 Å². The van der Waals surface area contributed by atoms with Crippen LogP contribution in [0.25, 0.3) is 0 Å². The van der Waals surface area contributed by atoms with Crippen molar-refractivity contribution in [3.63, 3.8) is 0 Å². The third kappa shape index (κ3) is 2.01. The summed E-state index contributed by atoms with van der Waals surface area (Å²) in [6, 6.07) is 3.23. The van der Waals surface area contributed by atoms with E-state index in [1.54, 1.807) is 26.2 Å². The fourth-order valence-corrected chi connectivity index (χ4v) is 1.54. The van der Waals surface area contributed by atoms with E-state index < -0.39 is 5.97 Å². The highest BCUT2D eigenvalue weighted by Crippen LogP contribution is 2.26. The Kier molecular flexibility index (Phi) is 2.93. The van der Waals surface area contributed by atoms with Crippen LogP contribution in [0.1, 0.15) is 15.9 Å². The molecular formula is C9H9BrO3. The van der Waals surface area contributed by atoms with E-state index in [0.717, 1.165) is 5.56 Å². The molecule has 3 nitrogen and oxygen atoms in total. The normalized spacial score (nSPS) is 9.77. The van der Waals surface area contributed by atoms with Crippen molar-refractivity contribution in [2.75, 3.05) is 7.11 Å². The predicted octanol–water partition coefficient (Wildman–Crippen LogP) is 2.46. The summed E-state index contributed by atoms with van der Waals surface area (Å²) in [5, 5.41) is 8.78. The zero-order chi connectivity index (χ0) is 10.0. The highest BCUT2D eigenvalue weighted by molar-refractivity contribution is 9.10. The maximum absolute atomic E-state index is 10.7. The van der Waals surface area contributed by atoms with Crippen LogP contribution in [-0.2, 0) is 0 Å². The maximum Gasteiger partial charge on any atom is 0.336 e. The average Bonchev–Trinajstić information content (AvgIpc) is 2.07. The molecule has 0 radical (unpaired) electrons. The van der Waals surface area contributed by atoms with Crippen LogP contribution in [-0.4, -0.2) is 18.2 Å². The molecule has 0 amide bonds. The van der Waals surface area contributed by atoms with Crippen LogP contribution >= 0.6 is 15.9 Å². The third-order valence-corrected chi connectivity index (χ3v) is 2.37. The number of halogens is 1. The van der Waals surface area contributed by atoms with E-state index in [2.05, 4.69) is 15.9 Å². The third-order valence-electron chi connectivity index (χ3n) is 1.71. The molecule has 0 aliphatic rings. The van der Waals surface area contributed by atoms with Gasteiger partial charge in [-0.1, -0.05) is 0 Å². The molecule has 1 rings (SSSR count). The van der Waals surface area contributed by atoms with Crippen molar-refractivity contribution < 1.29 is 14.6 Å². The summed E-state index contributed by atoms with van der Waals surface area (Å²) in [6.45, 7) is 1.80. The number of rotatable bonds is 2. The number of hydrogen-bond donors (Lipinski definition) is 1. The molecular weight excluding hydrogens is 236 g/mol. The first kappa shape index (κ1) is 10.1. The summed E-state index contributed by atoms with van der Waals surface area (Å²) < 4.78 is 5.57. The maximum atomic E-state index is 10.7. The molecule has 0 bridgehead atoms. The SMILES string of the molecule is COc1cc(Br)c(C(=O)O)cc1C. The fourth-order valence-electron chi connectivity index (χ4n) is 1.05. The van der Waals surface area contributed by atoms with E-state index in [4.69, 9.17) is 9.84 Å². The van der Waals surface area contributed by atoms with Gasteiger partial charge < -0.3 is 9.84 Å². The van der Waals surface area contributed by atoms with Crippen molar-refractivity contribution in [3.8, 4) is 5.75 Å². The minimum absolute atomic E-state index is 0.248. The molecule has 4 heteroatoms. The Hall–Kier alpha value is -1.03. The average molecular weight is 245 g/mol. The number of carbonyl (C=O) groups is 1. The first-order valence-corrected chi connectivity index (χ1v) is 4.43. The van der Waals surface area contributed by atoms with Gasteiger partial charge in [0.25, 0.3) is 0 Å². The van der Waals surface area contributed by atoms with E-state index in [-0.39, 0.29) is 5.56 Å². The van der Waals surface area contributed by atoms with E-state index in [1.807, 2.05) is 0 Å². The Morgan fingerprint density at radius 2 is 2.15 bits per heavy atom. The number of carboxylic acids is 1. The van der Waals surface area contributed by atoms with Crippen LogP contribution in [0.3, 0.4) is 0 Å². The van der Waals surface area contributed by atoms with Crippen molar-refractivity contribution in [3.05, 3.63) is 27.7 Å². The second-order valence-electron chi connectivity index (χ2n) is 2.61. The van der Waals surface area contributed by atoms with Crippen molar-refractivity contribution in [2.24, 2.45) is 0 Å². The number of aromatic carboxylic acids is 1. The minimum atomic E-state index is -0.947. The van der Waals surface area contributed by atoms with Crippen LogP contribution in [0, 0.1) is 6.92 Å². The molecule has 1 aromatic rings. The number of benzene rings is 1. The lowest BCUT2D eigenvalue weighted by Gasteiger charge is -2.06. The van der Waals surface area contributed by atoms with E-state index in [1.165, 1.54) is 0 Å². The molecule has 0 aliphatic carbocycles. The standard InChI is InChI=1S/C9H9BrO3/c1-5-3-6(9(11)12)7(10)4-8(5)13-2/h3-4H,1-2H3,(H,11,12). The molecule has 13 heavy (non-hydrogen) atoms. The summed E-state index contributed by atoms with van der Waals surface area (Å²) in [7, 11) is 1.55. The van der Waals surface area contributed by atoms with Gasteiger partial charge in [0.2, 0.25) is 0 Å². The first-order valence-electron chi connectivity index (χ1n) is 3.63. The molecule has 0 aliphatic heterocycles. The van der Waals surface area contributed by atoms with Crippen LogP contribution in [0.15, 0.2) is 16.6 Å². The van der Waals surface area contributed by atoms with Crippen molar-refractivity contribution in [1.29, 1.82) is 0 Å². The zero-order valence-corrected chi connectivity index (χ0v) is 8.88. The van der Waals surface area contributed by atoms with Gasteiger partial charge in [0.15, 0.2) is 0 Å². The van der Waals surface area contributed by atoms with Crippen LogP contribution in [0.5, 0.6) is 5.75 Å². The topological polar surface area (TPSA) is 46.5 Å². The van der Waals surface area contributed by atoms with Gasteiger partial charge in [0.1, 0.15) is 5.75 Å². The molecule has 0 fully saturated rings. The molecule has 0 spiro atoms. The van der Waals surface area contributed by atoms with Gasteiger partial charge in [-0.05, 0) is 40.5 Å². The Bertz CT molecular complexity index is 347. The molecule has 0 atom stereocenters. The Labute approximate surface area is 84.5 Å². The van der Waals surface area contributed by atoms with Crippen molar-refractivity contribution in [1.82, 2.24) is 0 Å². The smallest absolute Gasteiger partial charge is 0.336 e. The lowest BCUT2D eigenvalue weighted by Crippen LogP contribution is -1.99. The van der Waals surface area contributed by atoms with Crippen LogP contribution in [0.2, 0.25) is 0 Å². The highest BCUT2D eigenvalue weighted by atomic mass is 79.9. The van der Waals surface area contributed by atoms with Gasteiger partial charge in [-0.25, -0.2) is 4.79 Å². The first-order chi connectivity index (χ1) is 6.06. The lowest BCUT2D eigenvalue weighted by atomic mass is 10.1. The summed E-state index contributed by atoms with van der Waals surface area (Å²) in [4.78, 5) is 10.7. The summed E-state index contributed by atoms with van der Waals surface area (Å²) in [5.74, 6) is -0.269. The van der Waals surface area contributed by atoms with Gasteiger partial charge in [-0.2, -0.15) is 0 Å². The Morgan fingerprint density at radius 3 is 2.62 bits per heavy atom. The van der Waals surface area contributed by atoms with Crippen LogP contribution in [0.4, 0.5) is 0 Å². The molecule has 1 aromatic carbocycles. The molecule has 0 aromatic heterocycles.